The SMILES string of the molecule is CC(=N)c1ccc(N(C)C(=O)c2cccc(-n3nc(C(F)(F)F)cc3OCc3ccc(C(=O)OC(C)(C)C)cc3)c2)cc1O. The lowest BCUT2D eigenvalue weighted by Crippen LogP contribution is -2.26. The molecule has 2 N–H and O–H groups in total. The molecular formula is C32H31F3N4O5. The van der Waals surface area contributed by atoms with Gasteiger partial charge in [-0.05, 0) is 75.7 Å². The number of ether oxygens (including phenoxy) is 2. The van der Waals surface area contributed by atoms with Gasteiger partial charge in [-0.1, -0.05) is 18.2 Å². The van der Waals surface area contributed by atoms with Crippen LogP contribution in [0.1, 0.15) is 65.2 Å². The number of benzene rings is 3. The van der Waals surface area contributed by atoms with Crippen molar-refractivity contribution in [3.63, 3.8) is 0 Å². The molecule has 0 atom stereocenters. The topological polar surface area (TPSA) is 118 Å². The third-order valence-electron chi connectivity index (χ3n) is 6.36. The molecule has 4 rings (SSSR count). The molecule has 0 radical (unpaired) electrons. The second-order valence-electron chi connectivity index (χ2n) is 11.0. The Bertz CT molecular complexity index is 1710. The predicted molar refractivity (Wildman–Crippen MR) is 158 cm³/mol. The van der Waals surface area contributed by atoms with Gasteiger partial charge in [0.25, 0.3) is 5.91 Å². The van der Waals surface area contributed by atoms with Crippen LogP contribution in [0.15, 0.2) is 72.8 Å². The molecule has 44 heavy (non-hydrogen) atoms. The molecule has 0 bridgehead atoms. The van der Waals surface area contributed by atoms with Gasteiger partial charge in [0.15, 0.2) is 5.69 Å². The number of hydrogen-bond acceptors (Lipinski definition) is 7. The van der Waals surface area contributed by atoms with Crippen LogP contribution in [0, 0.1) is 5.41 Å². The summed E-state index contributed by atoms with van der Waals surface area (Å²) in [7, 11) is 1.49. The number of alkyl halides is 3. The lowest BCUT2D eigenvalue weighted by molar-refractivity contribution is -0.141. The van der Waals surface area contributed by atoms with E-state index >= 15 is 0 Å². The van der Waals surface area contributed by atoms with E-state index in [0.29, 0.717) is 22.4 Å². The fourth-order valence-corrected chi connectivity index (χ4v) is 4.15. The summed E-state index contributed by atoms with van der Waals surface area (Å²) in [6, 6.07) is 17.4. The maximum atomic E-state index is 13.6. The zero-order valence-electron chi connectivity index (χ0n) is 24.7. The molecule has 1 heterocycles. The first-order valence-corrected chi connectivity index (χ1v) is 13.4. The molecular weight excluding hydrogens is 577 g/mol. The number of amides is 1. The highest BCUT2D eigenvalue weighted by atomic mass is 19.4. The van der Waals surface area contributed by atoms with Crippen molar-refractivity contribution in [3.8, 4) is 17.3 Å². The number of carbonyl (C=O) groups excluding carboxylic acids is 2. The van der Waals surface area contributed by atoms with Gasteiger partial charge in [-0.25, -0.2) is 9.48 Å². The Hall–Kier alpha value is -5.13. The number of phenolic OH excluding ortho intramolecular Hbond substituents is 1. The van der Waals surface area contributed by atoms with E-state index < -0.39 is 29.3 Å². The molecule has 0 fully saturated rings. The Morgan fingerprint density at radius 2 is 1.66 bits per heavy atom. The summed E-state index contributed by atoms with van der Waals surface area (Å²) in [6.45, 7) is 6.64. The highest BCUT2D eigenvalue weighted by Gasteiger charge is 2.35. The minimum atomic E-state index is -4.75. The second kappa shape index (κ2) is 12.2. The lowest BCUT2D eigenvalue weighted by atomic mass is 10.1. The molecule has 1 amide bonds. The van der Waals surface area contributed by atoms with Gasteiger partial charge in [0, 0.05) is 41.7 Å². The number of phenols is 1. The number of anilines is 1. The van der Waals surface area contributed by atoms with E-state index in [0.717, 1.165) is 10.7 Å². The Balaban J connectivity index is 1.58. The van der Waals surface area contributed by atoms with Crippen LogP contribution in [-0.4, -0.2) is 45.1 Å². The van der Waals surface area contributed by atoms with Crippen molar-refractivity contribution in [2.75, 3.05) is 11.9 Å². The summed E-state index contributed by atoms with van der Waals surface area (Å²) >= 11 is 0. The van der Waals surface area contributed by atoms with Crippen LogP contribution < -0.4 is 9.64 Å². The molecule has 230 valence electrons. The molecule has 0 saturated heterocycles. The molecule has 0 unspecified atom stereocenters. The van der Waals surface area contributed by atoms with E-state index in [2.05, 4.69) is 5.10 Å². The summed E-state index contributed by atoms with van der Waals surface area (Å²) < 4.78 is 53.0. The number of esters is 1. The molecule has 3 aromatic carbocycles. The molecule has 0 aliphatic rings. The van der Waals surface area contributed by atoms with Gasteiger partial charge in [-0.3, -0.25) is 4.79 Å². The highest BCUT2D eigenvalue weighted by Crippen LogP contribution is 2.33. The van der Waals surface area contributed by atoms with E-state index in [9.17, 15) is 27.9 Å². The summed E-state index contributed by atoms with van der Waals surface area (Å²) in [6.07, 6.45) is -4.75. The normalized spacial score (nSPS) is 11.6. The molecule has 4 aromatic rings. The number of hydrogen-bond donors (Lipinski definition) is 2. The van der Waals surface area contributed by atoms with Gasteiger partial charge in [0.05, 0.1) is 11.3 Å². The number of nitrogens with zero attached hydrogens (tertiary/aromatic N) is 3. The maximum absolute atomic E-state index is 13.6. The number of aromatic nitrogens is 2. The summed E-state index contributed by atoms with van der Waals surface area (Å²) in [5, 5.41) is 21.7. The number of halogens is 3. The van der Waals surface area contributed by atoms with Crippen LogP contribution in [0.2, 0.25) is 0 Å². The zero-order valence-corrected chi connectivity index (χ0v) is 24.7. The standard InChI is InChI=1S/C32H31F3N4O5/c1-19(36)25-14-13-23(16-26(25)40)38(5)29(41)22-7-6-8-24(15-22)39-28(17-27(37-39)32(33,34)35)43-18-20-9-11-21(12-10-20)30(42)44-31(2,3)4/h6-17,36,40H,18H2,1-5H3. The lowest BCUT2D eigenvalue weighted by Gasteiger charge is -2.19. The minimum absolute atomic E-state index is 0.131. The van der Waals surface area contributed by atoms with Gasteiger partial charge in [-0.2, -0.15) is 18.3 Å². The third-order valence-corrected chi connectivity index (χ3v) is 6.36. The van der Waals surface area contributed by atoms with Crippen molar-refractivity contribution in [2.45, 2.75) is 46.1 Å². The van der Waals surface area contributed by atoms with Gasteiger partial charge in [0.2, 0.25) is 5.88 Å². The molecule has 9 nitrogen and oxygen atoms in total. The number of carbonyl (C=O) groups is 2. The van der Waals surface area contributed by atoms with Crippen LogP contribution in [-0.2, 0) is 17.5 Å². The van der Waals surface area contributed by atoms with Crippen molar-refractivity contribution < 1.29 is 37.3 Å². The number of nitrogens with one attached hydrogen (secondary N) is 1. The molecule has 0 spiro atoms. The average molecular weight is 609 g/mol. The van der Waals surface area contributed by atoms with Gasteiger partial charge in [0.1, 0.15) is 18.0 Å². The average Bonchev–Trinajstić information content (AvgIpc) is 3.39. The van der Waals surface area contributed by atoms with Crippen molar-refractivity contribution in [2.24, 2.45) is 0 Å². The van der Waals surface area contributed by atoms with E-state index in [-0.39, 0.29) is 35.2 Å². The van der Waals surface area contributed by atoms with E-state index in [1.165, 1.54) is 67.4 Å². The molecule has 1 aromatic heterocycles. The summed E-state index contributed by atoms with van der Waals surface area (Å²) in [4.78, 5) is 26.9. The van der Waals surface area contributed by atoms with Crippen molar-refractivity contribution in [3.05, 3.63) is 101 Å². The molecule has 0 saturated carbocycles. The molecule has 0 aliphatic carbocycles. The largest absolute Gasteiger partial charge is 0.507 e. The predicted octanol–water partition coefficient (Wildman–Crippen LogP) is 6.80. The maximum Gasteiger partial charge on any atom is 0.435 e. The fourth-order valence-electron chi connectivity index (χ4n) is 4.15. The fraction of sp³-hybridized carbons (Fsp3) is 0.250. The van der Waals surface area contributed by atoms with Crippen LogP contribution in [0.4, 0.5) is 18.9 Å². The Morgan fingerprint density at radius 3 is 2.25 bits per heavy atom. The van der Waals surface area contributed by atoms with E-state index in [1.807, 2.05) is 0 Å². The summed E-state index contributed by atoms with van der Waals surface area (Å²) in [5.41, 5.74) is 0.164. The van der Waals surface area contributed by atoms with Crippen LogP contribution in [0.3, 0.4) is 0 Å². The van der Waals surface area contributed by atoms with Crippen molar-refractivity contribution >= 4 is 23.3 Å². The van der Waals surface area contributed by atoms with Crippen LogP contribution in [0.5, 0.6) is 11.6 Å². The second-order valence-corrected chi connectivity index (χ2v) is 11.0. The minimum Gasteiger partial charge on any atom is -0.507 e. The first-order chi connectivity index (χ1) is 20.5. The Kier molecular flexibility index (Phi) is 8.84. The first-order valence-electron chi connectivity index (χ1n) is 13.4. The van der Waals surface area contributed by atoms with Gasteiger partial charge < -0.3 is 24.9 Å². The monoisotopic (exact) mass is 608 g/mol. The third kappa shape index (κ3) is 7.44. The number of aromatic hydroxyl groups is 1. The van der Waals surface area contributed by atoms with E-state index in [1.54, 1.807) is 39.0 Å². The van der Waals surface area contributed by atoms with Crippen LogP contribution >= 0.6 is 0 Å². The Morgan fingerprint density at radius 1 is 0.977 bits per heavy atom. The highest BCUT2D eigenvalue weighted by molar-refractivity contribution is 6.07. The van der Waals surface area contributed by atoms with Gasteiger partial charge >= 0.3 is 12.1 Å². The van der Waals surface area contributed by atoms with Crippen LogP contribution in [0.25, 0.3) is 5.69 Å². The number of rotatable bonds is 8. The quantitative estimate of drug-likeness (QED) is 0.168. The van der Waals surface area contributed by atoms with E-state index in [4.69, 9.17) is 14.9 Å². The Labute approximate surface area is 252 Å². The van der Waals surface area contributed by atoms with Gasteiger partial charge in [-0.15, -0.1) is 0 Å². The van der Waals surface area contributed by atoms with Crippen molar-refractivity contribution in [1.29, 1.82) is 5.41 Å². The first kappa shape index (κ1) is 31.8. The smallest absolute Gasteiger partial charge is 0.435 e. The molecule has 0 aliphatic heterocycles. The molecule has 12 heteroatoms. The zero-order chi connectivity index (χ0) is 32.4. The van der Waals surface area contributed by atoms with Crippen molar-refractivity contribution in [1.82, 2.24) is 9.78 Å². The summed E-state index contributed by atoms with van der Waals surface area (Å²) in [5.74, 6) is -1.38.